The summed E-state index contributed by atoms with van der Waals surface area (Å²) in [5, 5.41) is 4.47. The van der Waals surface area contributed by atoms with Crippen LogP contribution in [0.2, 0.25) is 0 Å². The number of benzene rings is 1. The zero-order chi connectivity index (χ0) is 16.6. The summed E-state index contributed by atoms with van der Waals surface area (Å²) >= 11 is 0. The Hall–Kier alpha value is -2.61. The van der Waals surface area contributed by atoms with Crippen LogP contribution < -0.4 is 9.46 Å². The Morgan fingerprint density at radius 2 is 2.00 bits per heavy atom. The van der Waals surface area contributed by atoms with E-state index in [-0.39, 0.29) is 10.7 Å². The maximum absolute atomic E-state index is 12.5. The summed E-state index contributed by atoms with van der Waals surface area (Å²) in [4.78, 5) is 4.30. The summed E-state index contributed by atoms with van der Waals surface area (Å²) in [6.07, 6.45) is 1.46. The summed E-state index contributed by atoms with van der Waals surface area (Å²) in [6, 6.07) is 7.09. The minimum Gasteiger partial charge on any atom is -0.497 e. The maximum Gasteiger partial charge on any atom is 0.267 e. The molecule has 0 unspecified atom stereocenters. The molecule has 0 aliphatic carbocycles. The molecular formula is C15H15N3O4S. The van der Waals surface area contributed by atoms with Crippen LogP contribution in [0.4, 0.5) is 5.69 Å². The van der Waals surface area contributed by atoms with E-state index in [4.69, 9.17) is 9.26 Å². The van der Waals surface area contributed by atoms with Gasteiger partial charge >= 0.3 is 0 Å². The fourth-order valence-electron chi connectivity index (χ4n) is 2.35. The summed E-state index contributed by atoms with van der Waals surface area (Å²) in [6.45, 7) is 3.13. The van der Waals surface area contributed by atoms with Gasteiger partial charge < -0.3 is 9.26 Å². The highest BCUT2D eigenvalue weighted by atomic mass is 32.2. The third kappa shape index (κ3) is 2.85. The number of ether oxygens (including phenoxy) is 1. The number of hydrogen-bond acceptors (Lipinski definition) is 6. The van der Waals surface area contributed by atoms with Crippen LogP contribution in [0.5, 0.6) is 5.75 Å². The van der Waals surface area contributed by atoms with Crippen LogP contribution in [0, 0.1) is 13.8 Å². The van der Waals surface area contributed by atoms with E-state index in [2.05, 4.69) is 14.9 Å². The highest BCUT2D eigenvalue weighted by molar-refractivity contribution is 7.92. The van der Waals surface area contributed by atoms with E-state index in [1.807, 2.05) is 6.07 Å². The molecule has 0 atom stereocenters. The van der Waals surface area contributed by atoms with Gasteiger partial charge in [-0.1, -0.05) is 5.16 Å². The minimum absolute atomic E-state index is 0.0485. The Kier molecular flexibility index (Phi) is 3.69. The molecule has 0 saturated heterocycles. The van der Waals surface area contributed by atoms with Crippen molar-refractivity contribution >= 4 is 26.6 Å². The van der Waals surface area contributed by atoms with Crippen LogP contribution in [0.3, 0.4) is 0 Å². The minimum atomic E-state index is -3.78. The zero-order valence-electron chi connectivity index (χ0n) is 12.8. The first kappa shape index (κ1) is 15.3. The number of methoxy groups -OCH3 is 1. The van der Waals surface area contributed by atoms with Crippen molar-refractivity contribution in [1.29, 1.82) is 0 Å². The maximum atomic E-state index is 12.5. The Labute approximate surface area is 133 Å². The SMILES string of the molecule is COc1ccc2cc(NS(=O)(=O)c3c(C)noc3C)cnc2c1. The van der Waals surface area contributed by atoms with E-state index in [1.54, 1.807) is 39.2 Å². The summed E-state index contributed by atoms with van der Waals surface area (Å²) in [5.74, 6) is 0.933. The molecule has 1 N–H and O–H groups in total. The van der Waals surface area contributed by atoms with Gasteiger partial charge in [-0.25, -0.2) is 8.42 Å². The first-order chi connectivity index (χ1) is 10.9. The number of hydrogen-bond donors (Lipinski definition) is 1. The van der Waals surface area contributed by atoms with Crippen LogP contribution >= 0.6 is 0 Å². The Morgan fingerprint density at radius 1 is 1.22 bits per heavy atom. The molecule has 1 aromatic carbocycles. The molecule has 0 aliphatic heterocycles. The van der Waals surface area contributed by atoms with Crippen molar-refractivity contribution < 1.29 is 17.7 Å². The lowest BCUT2D eigenvalue weighted by atomic mass is 10.2. The molecule has 0 spiro atoms. The van der Waals surface area contributed by atoms with Gasteiger partial charge in [0.05, 0.1) is 24.5 Å². The van der Waals surface area contributed by atoms with E-state index in [9.17, 15) is 8.42 Å². The molecule has 120 valence electrons. The Balaban J connectivity index is 1.98. The van der Waals surface area contributed by atoms with Crippen molar-refractivity contribution in [2.45, 2.75) is 18.7 Å². The summed E-state index contributed by atoms with van der Waals surface area (Å²) in [5.41, 5.74) is 1.39. The first-order valence-corrected chi connectivity index (χ1v) is 8.28. The van der Waals surface area contributed by atoms with Crippen molar-refractivity contribution in [3.05, 3.63) is 41.9 Å². The van der Waals surface area contributed by atoms with Crippen molar-refractivity contribution in [1.82, 2.24) is 10.1 Å². The second-order valence-electron chi connectivity index (χ2n) is 5.04. The molecular weight excluding hydrogens is 318 g/mol. The lowest BCUT2D eigenvalue weighted by Gasteiger charge is -2.08. The average molecular weight is 333 g/mol. The standard InChI is InChI=1S/C15H15N3O4S/c1-9-15(10(2)22-17-9)23(19,20)18-12-6-11-4-5-13(21-3)7-14(11)16-8-12/h4-8,18H,1-3H3. The van der Waals surface area contributed by atoms with Crippen LogP contribution in [0.25, 0.3) is 10.9 Å². The van der Waals surface area contributed by atoms with Gasteiger partial charge in [0.15, 0.2) is 10.7 Å². The molecule has 3 rings (SSSR count). The lowest BCUT2D eigenvalue weighted by Crippen LogP contribution is -2.14. The molecule has 0 aliphatic rings. The van der Waals surface area contributed by atoms with Gasteiger partial charge in [-0.05, 0) is 32.0 Å². The highest BCUT2D eigenvalue weighted by Gasteiger charge is 2.24. The molecule has 2 aromatic heterocycles. The second-order valence-corrected chi connectivity index (χ2v) is 6.66. The van der Waals surface area contributed by atoms with E-state index < -0.39 is 10.0 Å². The zero-order valence-corrected chi connectivity index (χ0v) is 13.6. The van der Waals surface area contributed by atoms with Crippen molar-refractivity contribution in [3.8, 4) is 5.75 Å². The third-order valence-corrected chi connectivity index (χ3v) is 5.00. The van der Waals surface area contributed by atoms with Gasteiger partial charge in [-0.15, -0.1) is 0 Å². The monoisotopic (exact) mass is 333 g/mol. The number of anilines is 1. The number of aromatic nitrogens is 2. The van der Waals surface area contributed by atoms with Gasteiger partial charge in [0.25, 0.3) is 10.0 Å². The van der Waals surface area contributed by atoms with Crippen molar-refractivity contribution in [3.63, 3.8) is 0 Å². The molecule has 8 heteroatoms. The normalized spacial score (nSPS) is 11.6. The smallest absolute Gasteiger partial charge is 0.267 e. The summed E-state index contributed by atoms with van der Waals surface area (Å²) < 4.78 is 37.5. The van der Waals surface area contributed by atoms with Gasteiger partial charge in [0.1, 0.15) is 11.4 Å². The largest absolute Gasteiger partial charge is 0.497 e. The Morgan fingerprint density at radius 3 is 2.65 bits per heavy atom. The van der Waals surface area contributed by atoms with E-state index in [1.165, 1.54) is 6.20 Å². The van der Waals surface area contributed by atoms with Crippen LogP contribution in [-0.4, -0.2) is 25.7 Å². The van der Waals surface area contributed by atoms with E-state index in [0.717, 1.165) is 5.39 Å². The van der Waals surface area contributed by atoms with Crippen LogP contribution in [-0.2, 0) is 10.0 Å². The number of nitrogens with zero attached hydrogens (tertiary/aromatic N) is 2. The fraction of sp³-hybridized carbons (Fsp3) is 0.200. The molecule has 23 heavy (non-hydrogen) atoms. The van der Waals surface area contributed by atoms with Gasteiger partial charge in [-0.2, -0.15) is 0 Å². The van der Waals surface area contributed by atoms with Gasteiger partial charge in [0, 0.05) is 11.5 Å². The van der Waals surface area contributed by atoms with Crippen molar-refractivity contribution in [2.24, 2.45) is 0 Å². The molecule has 3 aromatic rings. The number of pyridine rings is 1. The molecule has 7 nitrogen and oxygen atoms in total. The second kappa shape index (κ2) is 5.54. The topological polar surface area (TPSA) is 94.3 Å². The average Bonchev–Trinajstić information content (AvgIpc) is 2.86. The number of fused-ring (bicyclic) bond motifs is 1. The third-order valence-electron chi connectivity index (χ3n) is 3.38. The first-order valence-electron chi connectivity index (χ1n) is 6.80. The van der Waals surface area contributed by atoms with Crippen LogP contribution in [0.1, 0.15) is 11.5 Å². The van der Waals surface area contributed by atoms with E-state index >= 15 is 0 Å². The molecule has 0 radical (unpaired) electrons. The summed E-state index contributed by atoms with van der Waals surface area (Å²) in [7, 11) is -2.21. The number of nitrogens with one attached hydrogen (secondary N) is 1. The molecule has 0 bridgehead atoms. The van der Waals surface area contributed by atoms with Gasteiger partial charge in [-0.3, -0.25) is 9.71 Å². The highest BCUT2D eigenvalue weighted by Crippen LogP contribution is 2.25. The Bertz CT molecular complexity index is 960. The number of aryl methyl sites for hydroxylation is 2. The molecule has 2 heterocycles. The number of sulfonamides is 1. The molecule has 0 saturated carbocycles. The van der Waals surface area contributed by atoms with Crippen LogP contribution in [0.15, 0.2) is 39.9 Å². The van der Waals surface area contributed by atoms with E-state index in [0.29, 0.717) is 22.6 Å². The molecule has 0 fully saturated rings. The quantitative estimate of drug-likeness (QED) is 0.789. The van der Waals surface area contributed by atoms with Gasteiger partial charge in [0.2, 0.25) is 0 Å². The fourth-order valence-corrected chi connectivity index (χ4v) is 3.71. The predicted octanol–water partition coefficient (Wildman–Crippen LogP) is 2.65. The molecule has 0 amide bonds. The lowest BCUT2D eigenvalue weighted by molar-refractivity contribution is 0.390. The van der Waals surface area contributed by atoms with Crippen molar-refractivity contribution in [2.75, 3.05) is 11.8 Å². The number of rotatable bonds is 4. The predicted molar refractivity (Wildman–Crippen MR) is 85.1 cm³/mol.